The molecule has 0 bridgehead atoms. The lowest BCUT2D eigenvalue weighted by molar-refractivity contribution is -0.137. The van der Waals surface area contributed by atoms with Gasteiger partial charge in [0.2, 0.25) is 5.91 Å². The average Bonchev–Trinajstić information content (AvgIpc) is 2.43. The summed E-state index contributed by atoms with van der Waals surface area (Å²) in [6, 6.07) is -0.301. The second-order valence-corrected chi connectivity index (χ2v) is 4.55. The van der Waals surface area contributed by atoms with Crippen molar-refractivity contribution in [2.45, 2.75) is 33.6 Å². The first kappa shape index (κ1) is 18.2. The minimum absolute atomic E-state index is 0.217. The maximum Gasteiger partial charge on any atom is 0.322 e. The first-order chi connectivity index (χ1) is 9.44. The molecule has 0 saturated heterocycles. The summed E-state index contributed by atoms with van der Waals surface area (Å²) >= 11 is 0. The fourth-order valence-electron chi connectivity index (χ4n) is 1.72. The van der Waals surface area contributed by atoms with Crippen LogP contribution in [0.15, 0.2) is 0 Å². The summed E-state index contributed by atoms with van der Waals surface area (Å²) in [5.74, 6) is -1.19. The molecule has 0 unspecified atom stereocenters. The molecule has 116 valence electrons. The van der Waals surface area contributed by atoms with Gasteiger partial charge in [-0.3, -0.25) is 9.59 Å². The molecule has 0 radical (unpaired) electrons. The summed E-state index contributed by atoms with van der Waals surface area (Å²) in [4.78, 5) is 35.1. The van der Waals surface area contributed by atoms with Gasteiger partial charge < -0.3 is 20.6 Å². The SMILES string of the molecule is CCC(CC)CN(CC)C(=O)NCC(=O)NCC(=O)O. The van der Waals surface area contributed by atoms with Crippen molar-refractivity contribution in [1.82, 2.24) is 15.5 Å². The number of carbonyl (C=O) groups excluding carboxylic acids is 2. The van der Waals surface area contributed by atoms with Gasteiger partial charge in [0, 0.05) is 13.1 Å². The van der Waals surface area contributed by atoms with Crippen molar-refractivity contribution in [3.63, 3.8) is 0 Å². The van der Waals surface area contributed by atoms with E-state index in [4.69, 9.17) is 5.11 Å². The molecule has 0 fully saturated rings. The van der Waals surface area contributed by atoms with Crippen molar-refractivity contribution in [3.05, 3.63) is 0 Å². The Balaban J connectivity index is 4.15. The zero-order chi connectivity index (χ0) is 15.5. The molecule has 0 aromatic rings. The molecule has 20 heavy (non-hydrogen) atoms. The summed E-state index contributed by atoms with van der Waals surface area (Å²) in [6.07, 6.45) is 2.00. The van der Waals surface area contributed by atoms with Crippen LogP contribution in [0.2, 0.25) is 0 Å². The Labute approximate surface area is 119 Å². The van der Waals surface area contributed by atoms with Gasteiger partial charge in [-0.2, -0.15) is 0 Å². The maximum absolute atomic E-state index is 11.9. The van der Waals surface area contributed by atoms with Crippen LogP contribution in [0.3, 0.4) is 0 Å². The van der Waals surface area contributed by atoms with Crippen molar-refractivity contribution in [2.75, 3.05) is 26.2 Å². The first-order valence-electron chi connectivity index (χ1n) is 6.95. The van der Waals surface area contributed by atoms with E-state index in [0.29, 0.717) is 19.0 Å². The Bertz CT molecular complexity index is 330. The van der Waals surface area contributed by atoms with Crippen molar-refractivity contribution in [2.24, 2.45) is 5.92 Å². The molecule has 0 rings (SSSR count). The van der Waals surface area contributed by atoms with E-state index in [9.17, 15) is 14.4 Å². The van der Waals surface area contributed by atoms with Gasteiger partial charge in [0.1, 0.15) is 6.54 Å². The Kier molecular flexibility index (Phi) is 9.15. The summed E-state index contributed by atoms with van der Waals surface area (Å²) in [5.41, 5.74) is 0. The van der Waals surface area contributed by atoms with Gasteiger partial charge in [0.05, 0.1) is 6.54 Å². The number of carboxylic acids is 1. The van der Waals surface area contributed by atoms with Crippen LogP contribution in [0.25, 0.3) is 0 Å². The molecule has 3 amide bonds. The quantitative estimate of drug-likeness (QED) is 0.580. The molecule has 0 aliphatic rings. The van der Waals surface area contributed by atoms with E-state index >= 15 is 0 Å². The second-order valence-electron chi connectivity index (χ2n) is 4.55. The number of carbonyl (C=O) groups is 3. The lowest BCUT2D eigenvalue weighted by atomic mass is 10.0. The van der Waals surface area contributed by atoms with Crippen LogP contribution in [0.1, 0.15) is 33.6 Å². The van der Waals surface area contributed by atoms with Gasteiger partial charge in [-0.05, 0) is 12.8 Å². The number of carboxylic acid groups (broad SMARTS) is 1. The molecule has 0 spiro atoms. The fourth-order valence-corrected chi connectivity index (χ4v) is 1.72. The highest BCUT2D eigenvalue weighted by Crippen LogP contribution is 2.09. The number of aliphatic carboxylic acids is 1. The van der Waals surface area contributed by atoms with Gasteiger partial charge in [0.15, 0.2) is 0 Å². The van der Waals surface area contributed by atoms with E-state index in [1.165, 1.54) is 0 Å². The number of nitrogens with one attached hydrogen (secondary N) is 2. The largest absolute Gasteiger partial charge is 0.480 e. The number of urea groups is 1. The molecule has 7 heteroatoms. The Morgan fingerprint density at radius 1 is 1.05 bits per heavy atom. The highest BCUT2D eigenvalue weighted by Gasteiger charge is 2.16. The van der Waals surface area contributed by atoms with Gasteiger partial charge in [-0.1, -0.05) is 26.7 Å². The monoisotopic (exact) mass is 287 g/mol. The molecule has 3 N–H and O–H groups in total. The third-order valence-electron chi connectivity index (χ3n) is 3.14. The lowest BCUT2D eigenvalue weighted by Gasteiger charge is -2.25. The van der Waals surface area contributed by atoms with Crippen molar-refractivity contribution in [1.29, 1.82) is 0 Å². The third-order valence-corrected chi connectivity index (χ3v) is 3.14. The van der Waals surface area contributed by atoms with E-state index in [2.05, 4.69) is 24.5 Å². The molecular weight excluding hydrogens is 262 g/mol. The summed E-state index contributed by atoms with van der Waals surface area (Å²) in [6.45, 7) is 6.61. The standard InChI is InChI=1S/C13H25N3O4/c1-4-10(5-2)9-16(6-3)13(20)15-7-11(17)14-8-12(18)19/h10H,4-9H2,1-3H3,(H,14,17)(H,15,20)(H,18,19). The topological polar surface area (TPSA) is 98.7 Å². The van der Waals surface area contributed by atoms with Gasteiger partial charge in [-0.15, -0.1) is 0 Å². The number of nitrogens with zero attached hydrogens (tertiary/aromatic N) is 1. The number of hydrogen-bond acceptors (Lipinski definition) is 3. The fraction of sp³-hybridized carbons (Fsp3) is 0.769. The predicted molar refractivity (Wildman–Crippen MR) is 75.4 cm³/mol. The predicted octanol–water partition coefficient (Wildman–Crippen LogP) is 0.655. The van der Waals surface area contributed by atoms with E-state index in [-0.39, 0.29) is 12.6 Å². The number of rotatable bonds is 9. The molecule has 0 aromatic carbocycles. The molecule has 0 atom stereocenters. The zero-order valence-electron chi connectivity index (χ0n) is 12.4. The molecule has 0 aliphatic heterocycles. The minimum Gasteiger partial charge on any atom is -0.480 e. The third kappa shape index (κ3) is 7.60. The Morgan fingerprint density at radius 2 is 1.65 bits per heavy atom. The van der Waals surface area contributed by atoms with Crippen LogP contribution in [0, 0.1) is 5.92 Å². The van der Waals surface area contributed by atoms with E-state index < -0.39 is 18.4 Å². The summed E-state index contributed by atoms with van der Waals surface area (Å²) in [7, 11) is 0. The normalized spacial score (nSPS) is 10.2. The second kappa shape index (κ2) is 10.1. The average molecular weight is 287 g/mol. The maximum atomic E-state index is 11.9. The van der Waals surface area contributed by atoms with Crippen LogP contribution in [-0.4, -0.2) is 54.1 Å². The Hall–Kier alpha value is -1.79. The van der Waals surface area contributed by atoms with Crippen LogP contribution in [0.5, 0.6) is 0 Å². The number of hydrogen-bond donors (Lipinski definition) is 3. The smallest absolute Gasteiger partial charge is 0.322 e. The molecule has 0 heterocycles. The highest BCUT2D eigenvalue weighted by molar-refractivity contribution is 5.86. The molecule has 0 aliphatic carbocycles. The molecule has 7 nitrogen and oxygen atoms in total. The van der Waals surface area contributed by atoms with Crippen LogP contribution < -0.4 is 10.6 Å². The van der Waals surface area contributed by atoms with Crippen LogP contribution in [0.4, 0.5) is 4.79 Å². The van der Waals surface area contributed by atoms with Crippen molar-refractivity contribution >= 4 is 17.9 Å². The first-order valence-corrected chi connectivity index (χ1v) is 6.95. The minimum atomic E-state index is -1.12. The zero-order valence-corrected chi connectivity index (χ0v) is 12.4. The van der Waals surface area contributed by atoms with E-state index in [1.54, 1.807) is 4.90 Å². The molecular formula is C13H25N3O4. The van der Waals surface area contributed by atoms with Gasteiger partial charge in [-0.25, -0.2) is 4.79 Å². The summed E-state index contributed by atoms with van der Waals surface area (Å²) in [5, 5.41) is 13.1. The van der Waals surface area contributed by atoms with Crippen LogP contribution in [-0.2, 0) is 9.59 Å². The van der Waals surface area contributed by atoms with Crippen molar-refractivity contribution in [3.8, 4) is 0 Å². The Morgan fingerprint density at radius 3 is 2.10 bits per heavy atom. The molecule has 0 aromatic heterocycles. The highest BCUT2D eigenvalue weighted by atomic mass is 16.4. The van der Waals surface area contributed by atoms with E-state index in [0.717, 1.165) is 12.8 Å². The van der Waals surface area contributed by atoms with Gasteiger partial charge in [0.25, 0.3) is 0 Å². The summed E-state index contributed by atoms with van der Waals surface area (Å²) < 4.78 is 0. The van der Waals surface area contributed by atoms with Gasteiger partial charge >= 0.3 is 12.0 Å². The van der Waals surface area contributed by atoms with Crippen LogP contribution >= 0.6 is 0 Å². The van der Waals surface area contributed by atoms with Crippen molar-refractivity contribution < 1.29 is 19.5 Å². The molecule has 0 saturated carbocycles. The number of amides is 3. The van der Waals surface area contributed by atoms with E-state index in [1.807, 2.05) is 6.92 Å². The lowest BCUT2D eigenvalue weighted by Crippen LogP contribution is -2.46.